The van der Waals surface area contributed by atoms with Gasteiger partial charge in [-0.25, -0.2) is 21.8 Å². The molecule has 0 atom stereocenters. The molecule has 13 heteroatoms. The number of ether oxygens (including phenoxy) is 1. The highest BCUT2D eigenvalue weighted by Crippen LogP contribution is 2.29. The van der Waals surface area contributed by atoms with Gasteiger partial charge in [0.25, 0.3) is 10.0 Å². The van der Waals surface area contributed by atoms with Crippen LogP contribution in [0.1, 0.15) is 0 Å². The lowest BCUT2D eigenvalue weighted by Crippen LogP contribution is -2.49. The first-order chi connectivity index (χ1) is 20.7. The largest absolute Gasteiger partial charge is 0.495 e. The zero-order valence-electron chi connectivity index (χ0n) is 23.2. The summed E-state index contributed by atoms with van der Waals surface area (Å²) < 4.78 is 61.5. The minimum Gasteiger partial charge on any atom is -0.495 e. The van der Waals surface area contributed by atoms with Gasteiger partial charge in [0.1, 0.15) is 16.5 Å². The van der Waals surface area contributed by atoms with Crippen LogP contribution in [0, 0.1) is 0 Å². The first-order valence-electron chi connectivity index (χ1n) is 13.4. The van der Waals surface area contributed by atoms with Crippen LogP contribution in [-0.2, 0) is 20.0 Å². The van der Waals surface area contributed by atoms with Gasteiger partial charge < -0.3 is 9.64 Å². The smallest absolute Gasteiger partial charge is 0.261 e. The van der Waals surface area contributed by atoms with Crippen molar-refractivity contribution in [2.75, 3.05) is 42.9 Å². The van der Waals surface area contributed by atoms with Crippen molar-refractivity contribution in [2.24, 2.45) is 0 Å². The molecule has 1 fully saturated rings. The molecule has 11 nitrogen and oxygen atoms in total. The molecule has 0 bridgehead atoms. The minimum absolute atomic E-state index is 0.149. The van der Waals surface area contributed by atoms with Crippen molar-refractivity contribution in [3.05, 3.63) is 97.5 Å². The Morgan fingerprint density at radius 1 is 0.767 bits per heavy atom. The fourth-order valence-electron chi connectivity index (χ4n) is 4.93. The number of aromatic nitrogens is 3. The second-order valence-electron chi connectivity index (χ2n) is 9.85. The topological polar surface area (TPSA) is 135 Å². The fourth-order valence-corrected chi connectivity index (χ4v) is 7.56. The molecule has 43 heavy (non-hydrogen) atoms. The number of hydrogen-bond donors (Lipinski definition) is 1. The van der Waals surface area contributed by atoms with Crippen molar-refractivity contribution >= 4 is 42.6 Å². The van der Waals surface area contributed by atoms with E-state index in [9.17, 15) is 16.8 Å². The molecule has 1 aliphatic rings. The first kappa shape index (κ1) is 28.5. The molecule has 0 spiro atoms. The second kappa shape index (κ2) is 11.6. The monoisotopic (exact) mass is 616 g/mol. The van der Waals surface area contributed by atoms with Crippen LogP contribution in [-0.4, -0.2) is 69.4 Å². The van der Waals surface area contributed by atoms with Crippen molar-refractivity contribution in [1.82, 2.24) is 19.3 Å². The van der Waals surface area contributed by atoms with Gasteiger partial charge in [0.15, 0.2) is 0 Å². The van der Waals surface area contributed by atoms with Gasteiger partial charge in [-0.2, -0.15) is 4.31 Å². The SMILES string of the molecule is COc1ccccc1S(=O)(=O)N1CCN(c2cnc3ccc(-c4cncc(NS(=O)(=O)c5ccccc5)c4)cc3n2)CC1. The van der Waals surface area contributed by atoms with E-state index in [1.54, 1.807) is 60.9 Å². The molecule has 0 aliphatic carbocycles. The Bertz CT molecular complexity index is 2000. The number of fused-ring (bicyclic) bond motifs is 1. The predicted octanol–water partition coefficient (Wildman–Crippen LogP) is 4.01. The summed E-state index contributed by atoms with van der Waals surface area (Å²) in [6, 6.07) is 22.1. The highest BCUT2D eigenvalue weighted by atomic mass is 32.2. The van der Waals surface area contributed by atoms with Gasteiger partial charge in [-0.05, 0) is 48.0 Å². The number of anilines is 2. The number of piperazine rings is 1. The minimum atomic E-state index is -3.76. The number of nitrogens with zero attached hydrogens (tertiary/aromatic N) is 5. The molecule has 5 aromatic rings. The van der Waals surface area contributed by atoms with Gasteiger partial charge >= 0.3 is 0 Å². The maximum Gasteiger partial charge on any atom is 0.261 e. The Hall–Kier alpha value is -4.59. The van der Waals surface area contributed by atoms with Crippen LogP contribution in [0.5, 0.6) is 5.75 Å². The van der Waals surface area contributed by atoms with Crippen molar-refractivity contribution in [3.8, 4) is 16.9 Å². The van der Waals surface area contributed by atoms with Gasteiger partial charge in [-0.3, -0.25) is 14.7 Å². The summed E-state index contributed by atoms with van der Waals surface area (Å²) in [4.78, 5) is 15.9. The average molecular weight is 617 g/mol. The zero-order chi connectivity index (χ0) is 30.0. The number of rotatable bonds is 8. The van der Waals surface area contributed by atoms with Gasteiger partial charge in [0.05, 0.1) is 41.1 Å². The second-order valence-corrected chi connectivity index (χ2v) is 13.4. The molecule has 1 aliphatic heterocycles. The molecule has 0 saturated carbocycles. The fraction of sp³-hybridized carbons (Fsp3) is 0.167. The predicted molar refractivity (Wildman–Crippen MR) is 164 cm³/mol. The average Bonchev–Trinajstić information content (AvgIpc) is 3.04. The van der Waals surface area contributed by atoms with E-state index in [1.165, 1.54) is 29.7 Å². The number of para-hydroxylation sites is 1. The molecule has 2 aromatic heterocycles. The van der Waals surface area contributed by atoms with Crippen LogP contribution in [0.25, 0.3) is 22.2 Å². The number of hydrogen-bond acceptors (Lipinski definition) is 9. The summed E-state index contributed by atoms with van der Waals surface area (Å²) in [5.41, 5.74) is 3.17. The van der Waals surface area contributed by atoms with Crippen LogP contribution in [0.4, 0.5) is 11.5 Å². The molecular formula is C30H28N6O5S2. The Kier molecular flexibility index (Phi) is 7.69. The number of pyridine rings is 1. The molecular weight excluding hydrogens is 589 g/mol. The van der Waals surface area contributed by atoms with E-state index >= 15 is 0 Å². The van der Waals surface area contributed by atoms with E-state index in [0.717, 1.165) is 5.56 Å². The molecule has 220 valence electrons. The molecule has 1 N–H and O–H groups in total. The zero-order valence-corrected chi connectivity index (χ0v) is 24.8. The number of methoxy groups -OCH3 is 1. The van der Waals surface area contributed by atoms with Crippen LogP contribution < -0.4 is 14.4 Å². The highest BCUT2D eigenvalue weighted by Gasteiger charge is 2.31. The lowest BCUT2D eigenvalue weighted by atomic mass is 10.1. The van der Waals surface area contributed by atoms with Crippen molar-refractivity contribution in [3.63, 3.8) is 0 Å². The van der Waals surface area contributed by atoms with Crippen LogP contribution >= 0.6 is 0 Å². The third-order valence-electron chi connectivity index (χ3n) is 7.16. The summed E-state index contributed by atoms with van der Waals surface area (Å²) in [5.74, 6) is 0.956. The number of nitrogens with one attached hydrogen (secondary N) is 1. The first-order valence-corrected chi connectivity index (χ1v) is 16.4. The summed E-state index contributed by atoms with van der Waals surface area (Å²) in [6.07, 6.45) is 4.80. The van der Waals surface area contributed by atoms with Crippen molar-refractivity contribution in [1.29, 1.82) is 0 Å². The summed E-state index contributed by atoms with van der Waals surface area (Å²) in [5, 5.41) is 0. The third kappa shape index (κ3) is 5.87. The molecule has 1 saturated heterocycles. The van der Waals surface area contributed by atoms with E-state index in [1.807, 2.05) is 23.1 Å². The van der Waals surface area contributed by atoms with E-state index in [2.05, 4.69) is 14.7 Å². The standard InChI is InChI=1S/C30H28N6O5S2/c1-41-28-9-5-6-10-29(28)43(39,40)36-15-13-35(14-16-36)30-21-32-26-12-11-22(18-27(26)33-30)23-17-24(20-31-19-23)34-42(37,38)25-7-3-2-4-8-25/h2-12,17-21,34H,13-16H2,1H3. The molecule has 0 amide bonds. The summed E-state index contributed by atoms with van der Waals surface area (Å²) in [7, 11) is -6.02. The number of sulfonamides is 2. The highest BCUT2D eigenvalue weighted by molar-refractivity contribution is 7.92. The molecule has 3 aromatic carbocycles. The molecule has 3 heterocycles. The normalized spacial score (nSPS) is 14.5. The molecule has 0 unspecified atom stereocenters. The maximum atomic E-state index is 13.3. The van der Waals surface area contributed by atoms with Gasteiger partial charge in [0, 0.05) is 37.9 Å². The summed E-state index contributed by atoms with van der Waals surface area (Å²) >= 11 is 0. The Morgan fingerprint density at radius 3 is 2.28 bits per heavy atom. The lowest BCUT2D eigenvalue weighted by Gasteiger charge is -2.34. The molecule has 6 rings (SSSR count). The Balaban J connectivity index is 1.20. The number of benzene rings is 3. The Labute approximate surface area is 249 Å². The van der Waals surface area contributed by atoms with Crippen molar-refractivity contribution < 1.29 is 21.6 Å². The van der Waals surface area contributed by atoms with Crippen LogP contribution in [0.2, 0.25) is 0 Å². The van der Waals surface area contributed by atoms with Gasteiger partial charge in [-0.15, -0.1) is 0 Å². The van der Waals surface area contributed by atoms with Crippen molar-refractivity contribution in [2.45, 2.75) is 9.79 Å². The van der Waals surface area contributed by atoms with E-state index in [-0.39, 0.29) is 22.9 Å². The van der Waals surface area contributed by atoms with E-state index < -0.39 is 20.0 Å². The summed E-state index contributed by atoms with van der Waals surface area (Å²) in [6.45, 7) is 1.47. The van der Waals surface area contributed by atoms with E-state index in [4.69, 9.17) is 9.72 Å². The Morgan fingerprint density at radius 2 is 1.51 bits per heavy atom. The van der Waals surface area contributed by atoms with E-state index in [0.29, 0.717) is 46.9 Å². The van der Waals surface area contributed by atoms with Gasteiger partial charge in [0.2, 0.25) is 10.0 Å². The third-order valence-corrected chi connectivity index (χ3v) is 10.5. The maximum absolute atomic E-state index is 13.3. The van der Waals surface area contributed by atoms with Crippen LogP contribution in [0.3, 0.4) is 0 Å². The quantitative estimate of drug-likeness (QED) is 0.274. The lowest BCUT2D eigenvalue weighted by molar-refractivity contribution is 0.373. The molecule has 0 radical (unpaired) electrons. The van der Waals surface area contributed by atoms with Gasteiger partial charge in [-0.1, -0.05) is 36.4 Å². The van der Waals surface area contributed by atoms with Crippen LogP contribution in [0.15, 0.2) is 107 Å².